The van der Waals surface area contributed by atoms with E-state index in [1.54, 1.807) is 18.5 Å². The summed E-state index contributed by atoms with van der Waals surface area (Å²) < 4.78 is 11.1. The third kappa shape index (κ3) is 4.36. The molecular weight excluding hydrogens is 344 g/mol. The van der Waals surface area contributed by atoms with E-state index in [0.717, 1.165) is 50.3 Å². The van der Waals surface area contributed by atoms with Crippen LogP contribution in [0, 0.1) is 0 Å². The van der Waals surface area contributed by atoms with E-state index in [9.17, 15) is 4.79 Å². The number of anilines is 1. The summed E-state index contributed by atoms with van der Waals surface area (Å²) in [5, 5.41) is 2.99. The first-order chi connectivity index (χ1) is 13.3. The van der Waals surface area contributed by atoms with Gasteiger partial charge in [-0.05, 0) is 36.6 Å². The predicted octanol–water partition coefficient (Wildman–Crippen LogP) is 2.17. The highest BCUT2D eigenvalue weighted by Crippen LogP contribution is 2.22. The summed E-state index contributed by atoms with van der Waals surface area (Å²) >= 11 is 0. The molecule has 0 aromatic carbocycles. The minimum Gasteiger partial charge on any atom is -0.472 e. The molecule has 2 aliphatic heterocycles. The second kappa shape index (κ2) is 8.35. The number of carbonyl (C=O) groups excluding carboxylic acids is 1. The van der Waals surface area contributed by atoms with Gasteiger partial charge in [0.15, 0.2) is 0 Å². The molecule has 0 spiro atoms. The smallest absolute Gasteiger partial charge is 0.255 e. The molecule has 7 heteroatoms. The average molecular weight is 368 g/mol. The molecule has 4 heterocycles. The zero-order valence-corrected chi connectivity index (χ0v) is 15.3. The van der Waals surface area contributed by atoms with Crippen molar-refractivity contribution in [2.45, 2.75) is 31.9 Å². The highest BCUT2D eigenvalue weighted by molar-refractivity contribution is 5.98. The fourth-order valence-electron chi connectivity index (χ4n) is 3.43. The summed E-state index contributed by atoms with van der Waals surface area (Å²) in [5.74, 6) is 1.22. The van der Waals surface area contributed by atoms with Crippen LogP contribution in [0.25, 0.3) is 0 Å². The molecule has 2 fully saturated rings. The zero-order valence-electron chi connectivity index (χ0n) is 15.3. The number of ether oxygens (including phenoxy) is 2. The molecule has 2 aromatic rings. The molecule has 2 saturated heterocycles. The molecule has 1 unspecified atom stereocenters. The Morgan fingerprint density at radius 1 is 1.26 bits per heavy atom. The first-order valence-corrected chi connectivity index (χ1v) is 9.47. The van der Waals surface area contributed by atoms with Crippen molar-refractivity contribution >= 4 is 11.7 Å². The second-order valence-electron chi connectivity index (χ2n) is 6.86. The molecule has 27 heavy (non-hydrogen) atoms. The summed E-state index contributed by atoms with van der Waals surface area (Å²) in [5.41, 5.74) is 1.56. The fraction of sp³-hybridized carbons (Fsp3) is 0.450. The highest BCUT2D eigenvalue weighted by atomic mass is 16.5. The van der Waals surface area contributed by atoms with E-state index in [-0.39, 0.29) is 12.0 Å². The van der Waals surface area contributed by atoms with Gasteiger partial charge in [-0.25, -0.2) is 9.97 Å². The van der Waals surface area contributed by atoms with Gasteiger partial charge in [-0.1, -0.05) is 0 Å². The lowest BCUT2D eigenvalue weighted by Gasteiger charge is -2.19. The standard InChI is InChI=1S/C20H24N4O3/c25-20(17-4-3-7-22-19(17)24-9-1-2-10-24)23-13-15-5-8-21-18(12-15)27-16-6-11-26-14-16/h3-5,7-8,12,16H,1-2,6,9-11,13-14H2,(H,23,25). The van der Waals surface area contributed by atoms with Crippen molar-refractivity contribution < 1.29 is 14.3 Å². The van der Waals surface area contributed by atoms with Crippen LogP contribution in [-0.2, 0) is 11.3 Å². The number of nitrogens with zero attached hydrogens (tertiary/aromatic N) is 3. The van der Waals surface area contributed by atoms with Crippen LogP contribution in [0.4, 0.5) is 5.82 Å². The molecule has 0 bridgehead atoms. The van der Waals surface area contributed by atoms with Crippen molar-refractivity contribution in [1.82, 2.24) is 15.3 Å². The summed E-state index contributed by atoms with van der Waals surface area (Å²) in [6.07, 6.45) is 6.66. The maximum Gasteiger partial charge on any atom is 0.255 e. The molecule has 7 nitrogen and oxygen atoms in total. The SMILES string of the molecule is O=C(NCc1ccnc(OC2CCOC2)c1)c1cccnc1N1CCCC1. The molecule has 0 aliphatic carbocycles. The lowest BCUT2D eigenvalue weighted by Crippen LogP contribution is -2.28. The lowest BCUT2D eigenvalue weighted by molar-refractivity contribution is 0.0951. The normalized spacial score (nSPS) is 19.3. The fourth-order valence-corrected chi connectivity index (χ4v) is 3.43. The van der Waals surface area contributed by atoms with Crippen molar-refractivity contribution in [3.05, 3.63) is 47.8 Å². The van der Waals surface area contributed by atoms with E-state index >= 15 is 0 Å². The Balaban J connectivity index is 1.39. The van der Waals surface area contributed by atoms with E-state index in [1.165, 1.54) is 0 Å². The van der Waals surface area contributed by atoms with Gasteiger partial charge < -0.3 is 19.7 Å². The third-order valence-electron chi connectivity index (χ3n) is 4.86. The quantitative estimate of drug-likeness (QED) is 0.842. The van der Waals surface area contributed by atoms with Crippen LogP contribution in [0.2, 0.25) is 0 Å². The topological polar surface area (TPSA) is 76.6 Å². The van der Waals surface area contributed by atoms with E-state index in [4.69, 9.17) is 9.47 Å². The van der Waals surface area contributed by atoms with Crippen molar-refractivity contribution in [2.24, 2.45) is 0 Å². The van der Waals surface area contributed by atoms with Gasteiger partial charge in [0.25, 0.3) is 5.91 Å². The van der Waals surface area contributed by atoms with Crippen LogP contribution in [0.3, 0.4) is 0 Å². The van der Waals surface area contributed by atoms with Crippen LogP contribution in [0.5, 0.6) is 5.88 Å². The maximum atomic E-state index is 12.7. The summed E-state index contributed by atoms with van der Waals surface area (Å²) in [7, 11) is 0. The Morgan fingerprint density at radius 3 is 2.96 bits per heavy atom. The van der Waals surface area contributed by atoms with Crippen molar-refractivity contribution in [3.8, 4) is 5.88 Å². The third-order valence-corrected chi connectivity index (χ3v) is 4.86. The van der Waals surface area contributed by atoms with Crippen molar-refractivity contribution in [3.63, 3.8) is 0 Å². The molecule has 4 rings (SSSR count). The summed E-state index contributed by atoms with van der Waals surface area (Å²) in [6, 6.07) is 7.37. The molecule has 1 atom stereocenters. The highest BCUT2D eigenvalue weighted by Gasteiger charge is 2.21. The number of hydrogen-bond donors (Lipinski definition) is 1. The molecule has 0 saturated carbocycles. The van der Waals surface area contributed by atoms with Gasteiger partial charge in [0.1, 0.15) is 11.9 Å². The number of pyridine rings is 2. The summed E-state index contributed by atoms with van der Waals surface area (Å²) in [6.45, 7) is 3.64. The van der Waals surface area contributed by atoms with Gasteiger partial charge in [-0.3, -0.25) is 4.79 Å². The number of rotatable bonds is 6. The minimum atomic E-state index is -0.117. The van der Waals surface area contributed by atoms with Crippen molar-refractivity contribution in [1.29, 1.82) is 0 Å². The maximum absolute atomic E-state index is 12.7. The Labute approximate surface area is 158 Å². The number of aromatic nitrogens is 2. The van der Waals surface area contributed by atoms with E-state index in [2.05, 4.69) is 20.2 Å². The van der Waals surface area contributed by atoms with Gasteiger partial charge in [-0.2, -0.15) is 0 Å². The number of nitrogens with one attached hydrogen (secondary N) is 1. The molecular formula is C20H24N4O3. The second-order valence-corrected chi connectivity index (χ2v) is 6.86. The van der Waals surface area contributed by atoms with Gasteiger partial charge in [0, 0.05) is 44.5 Å². The number of hydrogen-bond acceptors (Lipinski definition) is 6. The molecule has 2 aromatic heterocycles. The Morgan fingerprint density at radius 2 is 2.15 bits per heavy atom. The monoisotopic (exact) mass is 368 g/mol. The Kier molecular flexibility index (Phi) is 5.48. The molecule has 1 amide bonds. The zero-order chi connectivity index (χ0) is 18.5. The van der Waals surface area contributed by atoms with Gasteiger partial charge in [0.2, 0.25) is 5.88 Å². The largest absolute Gasteiger partial charge is 0.472 e. The molecule has 1 N–H and O–H groups in total. The van der Waals surface area contributed by atoms with E-state index < -0.39 is 0 Å². The van der Waals surface area contributed by atoms with Gasteiger partial charge >= 0.3 is 0 Å². The van der Waals surface area contributed by atoms with Crippen LogP contribution >= 0.6 is 0 Å². The summed E-state index contributed by atoms with van der Waals surface area (Å²) in [4.78, 5) is 23.6. The minimum absolute atomic E-state index is 0.0563. The predicted molar refractivity (Wildman–Crippen MR) is 101 cm³/mol. The van der Waals surface area contributed by atoms with Crippen LogP contribution < -0.4 is 15.0 Å². The van der Waals surface area contributed by atoms with Gasteiger partial charge in [0.05, 0.1) is 18.8 Å². The number of amides is 1. The van der Waals surface area contributed by atoms with E-state index in [1.807, 2.05) is 18.2 Å². The molecule has 0 radical (unpaired) electrons. The molecule has 142 valence electrons. The van der Waals surface area contributed by atoms with E-state index in [0.29, 0.717) is 24.6 Å². The first-order valence-electron chi connectivity index (χ1n) is 9.47. The van der Waals surface area contributed by atoms with Crippen LogP contribution in [0.15, 0.2) is 36.7 Å². The first kappa shape index (κ1) is 17.7. The number of carbonyl (C=O) groups is 1. The molecule has 2 aliphatic rings. The van der Waals surface area contributed by atoms with Crippen LogP contribution in [-0.4, -0.2) is 48.3 Å². The lowest BCUT2D eigenvalue weighted by atomic mass is 10.2. The van der Waals surface area contributed by atoms with Crippen molar-refractivity contribution in [2.75, 3.05) is 31.2 Å². The van der Waals surface area contributed by atoms with Crippen LogP contribution in [0.1, 0.15) is 35.2 Å². The Bertz CT molecular complexity index is 786. The van der Waals surface area contributed by atoms with Gasteiger partial charge in [-0.15, -0.1) is 0 Å². The average Bonchev–Trinajstić information content (AvgIpc) is 3.41. The Hall–Kier alpha value is -2.67.